The molecule has 0 saturated carbocycles. The Hall–Kier alpha value is -1.02. The van der Waals surface area contributed by atoms with Gasteiger partial charge in [-0.15, -0.1) is 0 Å². The first-order valence-corrected chi connectivity index (χ1v) is 6.99. The minimum absolute atomic E-state index is 0.172. The van der Waals surface area contributed by atoms with Gasteiger partial charge in [0.25, 0.3) is 0 Å². The van der Waals surface area contributed by atoms with Crippen molar-refractivity contribution in [2.75, 3.05) is 18.5 Å². The molecule has 1 fully saturated rings. The zero-order valence-corrected chi connectivity index (χ0v) is 12.4. The molecule has 1 aromatic carbocycles. The number of hydrogen-bond donors (Lipinski definition) is 1. The summed E-state index contributed by atoms with van der Waals surface area (Å²) in [4.78, 5) is 2.58. The van der Waals surface area contributed by atoms with E-state index < -0.39 is 0 Å². The number of hydrogen-bond acceptors (Lipinski definition) is 2. The molecule has 0 amide bonds. The normalized spacial score (nSPS) is 23.2. The van der Waals surface area contributed by atoms with Gasteiger partial charge in [-0.05, 0) is 64.8 Å². The second kappa shape index (κ2) is 4.93. The van der Waals surface area contributed by atoms with Crippen molar-refractivity contribution < 1.29 is 0 Å². The van der Waals surface area contributed by atoms with E-state index in [-0.39, 0.29) is 5.54 Å². The molecule has 1 aliphatic rings. The quantitative estimate of drug-likeness (QED) is 0.861. The minimum Gasteiger partial charge on any atom is -0.365 e. The van der Waals surface area contributed by atoms with Crippen molar-refractivity contribution >= 4 is 5.69 Å². The van der Waals surface area contributed by atoms with E-state index in [1.807, 2.05) is 0 Å². The Morgan fingerprint density at radius 2 is 2.00 bits per heavy atom. The zero-order valence-electron chi connectivity index (χ0n) is 12.4. The SMILES string of the molecule is CNC1CCCN(c2cc(C)ccc2C)C1(C)C. The molecule has 2 nitrogen and oxygen atoms in total. The summed E-state index contributed by atoms with van der Waals surface area (Å²) in [6, 6.07) is 7.33. The van der Waals surface area contributed by atoms with Gasteiger partial charge in [0, 0.05) is 23.8 Å². The number of likely N-dealkylation sites (N-methyl/N-ethyl adjacent to an activating group) is 1. The van der Waals surface area contributed by atoms with Crippen LogP contribution in [0.25, 0.3) is 0 Å². The molecule has 1 saturated heterocycles. The summed E-state index contributed by atoms with van der Waals surface area (Å²) in [6.45, 7) is 10.3. The highest BCUT2D eigenvalue weighted by Crippen LogP contribution is 2.34. The molecule has 2 rings (SSSR count). The van der Waals surface area contributed by atoms with Crippen molar-refractivity contribution in [2.45, 2.75) is 52.1 Å². The van der Waals surface area contributed by atoms with Crippen molar-refractivity contribution in [2.24, 2.45) is 0 Å². The van der Waals surface area contributed by atoms with Crippen molar-refractivity contribution in [3.05, 3.63) is 29.3 Å². The third kappa shape index (κ3) is 2.26. The van der Waals surface area contributed by atoms with Crippen molar-refractivity contribution in [1.82, 2.24) is 5.32 Å². The number of rotatable bonds is 2. The number of nitrogens with zero attached hydrogens (tertiary/aromatic N) is 1. The van der Waals surface area contributed by atoms with E-state index in [2.05, 4.69) is 63.2 Å². The van der Waals surface area contributed by atoms with Crippen LogP contribution in [0.15, 0.2) is 18.2 Å². The Balaban J connectivity index is 2.39. The highest BCUT2D eigenvalue weighted by Gasteiger charge is 2.38. The molecule has 0 aliphatic carbocycles. The molecule has 2 heteroatoms. The molecule has 1 atom stereocenters. The molecule has 1 aliphatic heterocycles. The second-order valence-electron chi connectivity index (χ2n) is 6.08. The lowest BCUT2D eigenvalue weighted by Crippen LogP contribution is -2.60. The van der Waals surface area contributed by atoms with Crippen molar-refractivity contribution in [3.63, 3.8) is 0 Å². The Morgan fingerprint density at radius 3 is 2.67 bits per heavy atom. The van der Waals surface area contributed by atoms with Gasteiger partial charge in [-0.25, -0.2) is 0 Å². The minimum atomic E-state index is 0.172. The van der Waals surface area contributed by atoms with Gasteiger partial charge in [0.15, 0.2) is 0 Å². The lowest BCUT2D eigenvalue weighted by atomic mass is 9.84. The van der Waals surface area contributed by atoms with Gasteiger partial charge < -0.3 is 10.2 Å². The zero-order chi connectivity index (χ0) is 13.3. The van der Waals surface area contributed by atoms with Crippen LogP contribution in [0.2, 0.25) is 0 Å². The van der Waals surface area contributed by atoms with Crippen LogP contribution in [0.4, 0.5) is 5.69 Å². The average molecular weight is 246 g/mol. The van der Waals surface area contributed by atoms with Crippen LogP contribution in [-0.2, 0) is 0 Å². The summed E-state index contributed by atoms with van der Waals surface area (Å²) in [5.74, 6) is 0. The first-order chi connectivity index (χ1) is 8.46. The maximum Gasteiger partial charge on any atom is 0.0498 e. The van der Waals surface area contributed by atoms with Crippen molar-refractivity contribution in [3.8, 4) is 0 Å². The summed E-state index contributed by atoms with van der Waals surface area (Å²) < 4.78 is 0. The molecule has 0 radical (unpaired) electrons. The van der Waals surface area contributed by atoms with E-state index in [1.54, 1.807) is 0 Å². The van der Waals surface area contributed by atoms with Gasteiger partial charge in [0.1, 0.15) is 0 Å². The van der Waals surface area contributed by atoms with Gasteiger partial charge in [-0.3, -0.25) is 0 Å². The van der Waals surface area contributed by atoms with Crippen LogP contribution in [0.5, 0.6) is 0 Å². The predicted molar refractivity (Wildman–Crippen MR) is 79.4 cm³/mol. The van der Waals surface area contributed by atoms with Crippen LogP contribution in [0.3, 0.4) is 0 Å². The predicted octanol–water partition coefficient (Wildman–Crippen LogP) is 3.27. The van der Waals surface area contributed by atoms with E-state index >= 15 is 0 Å². The Kier molecular flexibility index (Phi) is 3.67. The fourth-order valence-electron chi connectivity index (χ4n) is 3.22. The molecule has 1 aromatic rings. The average Bonchev–Trinajstić information content (AvgIpc) is 2.32. The topological polar surface area (TPSA) is 15.3 Å². The summed E-state index contributed by atoms with van der Waals surface area (Å²) in [5.41, 5.74) is 4.30. The standard InChI is InChI=1S/C16H26N2/c1-12-8-9-13(2)14(11-12)18-10-6-7-15(17-5)16(18,3)4/h8-9,11,15,17H,6-7,10H2,1-5H3. The summed E-state index contributed by atoms with van der Waals surface area (Å²) in [7, 11) is 2.08. The third-order valence-corrected chi connectivity index (χ3v) is 4.43. The number of benzene rings is 1. The molecular formula is C16H26N2. The maximum absolute atomic E-state index is 3.49. The molecule has 100 valence electrons. The van der Waals surface area contributed by atoms with E-state index in [0.29, 0.717) is 6.04 Å². The summed E-state index contributed by atoms with van der Waals surface area (Å²) in [5, 5.41) is 3.49. The number of nitrogens with one attached hydrogen (secondary N) is 1. The fourth-order valence-corrected chi connectivity index (χ4v) is 3.22. The molecule has 1 N–H and O–H groups in total. The summed E-state index contributed by atoms with van der Waals surface area (Å²) >= 11 is 0. The van der Waals surface area contributed by atoms with Gasteiger partial charge in [-0.1, -0.05) is 12.1 Å². The van der Waals surface area contributed by atoms with E-state index in [1.165, 1.54) is 29.7 Å². The number of aryl methyl sites for hydroxylation is 2. The molecule has 0 bridgehead atoms. The Morgan fingerprint density at radius 1 is 1.28 bits per heavy atom. The van der Waals surface area contributed by atoms with Gasteiger partial charge in [0.05, 0.1) is 0 Å². The highest BCUT2D eigenvalue weighted by atomic mass is 15.2. The van der Waals surface area contributed by atoms with E-state index in [4.69, 9.17) is 0 Å². The van der Waals surface area contributed by atoms with Crippen LogP contribution in [0.1, 0.15) is 37.8 Å². The molecule has 0 spiro atoms. The van der Waals surface area contributed by atoms with E-state index in [0.717, 1.165) is 6.54 Å². The first-order valence-electron chi connectivity index (χ1n) is 6.99. The Bertz CT molecular complexity index is 423. The molecule has 18 heavy (non-hydrogen) atoms. The largest absolute Gasteiger partial charge is 0.365 e. The molecule has 0 aromatic heterocycles. The monoisotopic (exact) mass is 246 g/mol. The van der Waals surface area contributed by atoms with Gasteiger partial charge >= 0.3 is 0 Å². The molecule has 1 heterocycles. The lowest BCUT2D eigenvalue weighted by molar-refractivity contribution is 0.275. The van der Waals surface area contributed by atoms with E-state index in [9.17, 15) is 0 Å². The van der Waals surface area contributed by atoms with Crippen LogP contribution in [0, 0.1) is 13.8 Å². The Labute approximate surface area is 111 Å². The third-order valence-electron chi connectivity index (χ3n) is 4.43. The number of piperidine rings is 1. The molecule has 1 unspecified atom stereocenters. The van der Waals surface area contributed by atoms with Crippen molar-refractivity contribution in [1.29, 1.82) is 0 Å². The fraction of sp³-hybridized carbons (Fsp3) is 0.625. The first kappa shape index (κ1) is 13.4. The van der Waals surface area contributed by atoms with Crippen LogP contribution in [-0.4, -0.2) is 25.2 Å². The van der Waals surface area contributed by atoms with Crippen LogP contribution < -0.4 is 10.2 Å². The lowest BCUT2D eigenvalue weighted by Gasteiger charge is -2.50. The maximum atomic E-state index is 3.49. The van der Waals surface area contributed by atoms with Gasteiger partial charge in [-0.2, -0.15) is 0 Å². The summed E-state index contributed by atoms with van der Waals surface area (Å²) in [6.07, 6.45) is 2.53. The van der Waals surface area contributed by atoms with Gasteiger partial charge in [0.2, 0.25) is 0 Å². The van der Waals surface area contributed by atoms with Crippen LogP contribution >= 0.6 is 0 Å². The second-order valence-corrected chi connectivity index (χ2v) is 6.08. The smallest absolute Gasteiger partial charge is 0.0498 e. The highest BCUT2D eigenvalue weighted by molar-refractivity contribution is 5.57. The number of anilines is 1. The molecular weight excluding hydrogens is 220 g/mol.